The number of rotatable bonds is 7. The number of benzene rings is 1. The lowest BCUT2D eigenvalue weighted by Gasteiger charge is -2.30. The van der Waals surface area contributed by atoms with Crippen LogP contribution in [0.2, 0.25) is 0 Å². The Bertz CT molecular complexity index is 407. The zero-order valence-electron chi connectivity index (χ0n) is 12.4. The molecule has 1 N–H and O–H groups in total. The van der Waals surface area contributed by atoms with E-state index < -0.39 is 0 Å². The molecule has 0 bridgehead atoms. The van der Waals surface area contributed by atoms with Crippen LogP contribution in [0.25, 0.3) is 0 Å². The van der Waals surface area contributed by atoms with E-state index in [1.54, 1.807) is 20.3 Å². The molecule has 0 saturated heterocycles. The molecule has 1 rings (SSSR count). The van der Waals surface area contributed by atoms with Gasteiger partial charge in [-0.1, -0.05) is 6.92 Å². The predicted molar refractivity (Wildman–Crippen MR) is 75.1 cm³/mol. The van der Waals surface area contributed by atoms with Crippen molar-refractivity contribution >= 4 is 0 Å². The van der Waals surface area contributed by atoms with Crippen LogP contribution in [0.15, 0.2) is 18.2 Å². The van der Waals surface area contributed by atoms with Crippen molar-refractivity contribution in [1.29, 1.82) is 0 Å². The fourth-order valence-electron chi connectivity index (χ4n) is 2.09. The first-order chi connectivity index (χ1) is 8.93. The van der Waals surface area contributed by atoms with E-state index in [0.717, 1.165) is 18.5 Å². The Labute approximate surface area is 115 Å². The van der Waals surface area contributed by atoms with E-state index in [9.17, 15) is 4.39 Å². The topological polar surface area (TPSA) is 30.5 Å². The summed E-state index contributed by atoms with van der Waals surface area (Å²) in [5, 5.41) is 3.36. The summed E-state index contributed by atoms with van der Waals surface area (Å²) in [6.07, 6.45) is 0.733. The minimum atomic E-state index is -0.288. The van der Waals surface area contributed by atoms with Crippen molar-refractivity contribution in [2.24, 2.45) is 0 Å². The van der Waals surface area contributed by atoms with Gasteiger partial charge in [-0.15, -0.1) is 0 Å². The Morgan fingerprint density at radius 2 is 2.00 bits per heavy atom. The quantitative estimate of drug-likeness (QED) is 0.824. The third-order valence-electron chi connectivity index (χ3n) is 3.27. The lowest BCUT2D eigenvalue weighted by atomic mass is 9.93. The molecular weight excluding hydrogens is 245 g/mol. The van der Waals surface area contributed by atoms with Crippen LogP contribution in [-0.4, -0.2) is 26.4 Å². The number of ether oxygens (including phenoxy) is 2. The van der Waals surface area contributed by atoms with Gasteiger partial charge in [0.1, 0.15) is 11.6 Å². The van der Waals surface area contributed by atoms with Gasteiger partial charge >= 0.3 is 0 Å². The van der Waals surface area contributed by atoms with Gasteiger partial charge < -0.3 is 14.8 Å². The van der Waals surface area contributed by atoms with E-state index in [4.69, 9.17) is 9.47 Å². The molecule has 0 amide bonds. The van der Waals surface area contributed by atoms with Gasteiger partial charge in [-0.05, 0) is 45.0 Å². The molecule has 0 spiro atoms. The maximum Gasteiger partial charge on any atom is 0.123 e. The summed E-state index contributed by atoms with van der Waals surface area (Å²) in [5.41, 5.74) is 0.541. The molecule has 0 saturated carbocycles. The highest BCUT2D eigenvalue weighted by atomic mass is 19.1. The summed E-state index contributed by atoms with van der Waals surface area (Å²) in [5.74, 6) is 0.438. The molecule has 1 aromatic carbocycles. The van der Waals surface area contributed by atoms with Crippen molar-refractivity contribution in [3.05, 3.63) is 29.6 Å². The van der Waals surface area contributed by atoms with Crippen molar-refractivity contribution < 1.29 is 13.9 Å². The highest BCUT2D eigenvalue weighted by Gasteiger charge is 2.25. The smallest absolute Gasteiger partial charge is 0.123 e. The van der Waals surface area contributed by atoms with Gasteiger partial charge in [-0.3, -0.25) is 0 Å². The van der Waals surface area contributed by atoms with Gasteiger partial charge in [-0.2, -0.15) is 0 Å². The van der Waals surface area contributed by atoms with Gasteiger partial charge in [0, 0.05) is 18.7 Å². The van der Waals surface area contributed by atoms with Crippen molar-refractivity contribution in [2.45, 2.75) is 38.8 Å². The number of hydrogen-bond acceptors (Lipinski definition) is 3. The maximum absolute atomic E-state index is 13.5. The zero-order valence-corrected chi connectivity index (χ0v) is 12.4. The summed E-state index contributed by atoms with van der Waals surface area (Å²) in [6.45, 7) is 6.86. The van der Waals surface area contributed by atoms with Crippen LogP contribution in [0.1, 0.15) is 38.8 Å². The molecule has 0 fully saturated rings. The second-order valence-electron chi connectivity index (χ2n) is 5.16. The molecule has 0 heterocycles. The monoisotopic (exact) mass is 269 g/mol. The molecular formula is C15H24FNO2. The van der Waals surface area contributed by atoms with E-state index in [-0.39, 0.29) is 17.5 Å². The van der Waals surface area contributed by atoms with Crippen LogP contribution in [0, 0.1) is 5.82 Å². The third-order valence-corrected chi connectivity index (χ3v) is 3.27. The summed E-state index contributed by atoms with van der Waals surface area (Å²) >= 11 is 0. The lowest BCUT2D eigenvalue weighted by Crippen LogP contribution is -2.32. The second kappa shape index (κ2) is 6.87. The summed E-state index contributed by atoms with van der Waals surface area (Å²) in [6, 6.07) is 4.59. The molecule has 19 heavy (non-hydrogen) atoms. The molecule has 4 heteroatoms. The number of hydrogen-bond donors (Lipinski definition) is 1. The van der Waals surface area contributed by atoms with Gasteiger partial charge in [0.15, 0.2) is 0 Å². The molecule has 0 aliphatic heterocycles. The zero-order chi connectivity index (χ0) is 14.5. The van der Waals surface area contributed by atoms with Crippen LogP contribution >= 0.6 is 0 Å². The van der Waals surface area contributed by atoms with Crippen LogP contribution in [0.5, 0.6) is 5.75 Å². The SMILES string of the molecule is CCNC(CC(C)(C)OC)c1cc(F)ccc1OC. The molecule has 108 valence electrons. The van der Waals surface area contributed by atoms with E-state index in [0.29, 0.717) is 5.75 Å². The molecule has 1 unspecified atom stereocenters. The van der Waals surface area contributed by atoms with Crippen LogP contribution in [0.4, 0.5) is 4.39 Å². The summed E-state index contributed by atoms with van der Waals surface area (Å²) in [4.78, 5) is 0. The molecule has 1 atom stereocenters. The highest BCUT2D eigenvalue weighted by Crippen LogP contribution is 2.32. The minimum absolute atomic E-state index is 0.00870. The molecule has 0 aliphatic carbocycles. The van der Waals surface area contributed by atoms with Gasteiger partial charge in [-0.25, -0.2) is 4.39 Å². The maximum atomic E-state index is 13.5. The van der Waals surface area contributed by atoms with Crippen molar-refractivity contribution in [3.63, 3.8) is 0 Å². The minimum Gasteiger partial charge on any atom is -0.496 e. The first kappa shape index (κ1) is 15.9. The van der Waals surface area contributed by atoms with E-state index >= 15 is 0 Å². The van der Waals surface area contributed by atoms with Crippen LogP contribution in [0.3, 0.4) is 0 Å². The van der Waals surface area contributed by atoms with Crippen molar-refractivity contribution in [3.8, 4) is 5.75 Å². The van der Waals surface area contributed by atoms with E-state index in [2.05, 4.69) is 5.32 Å². The van der Waals surface area contributed by atoms with E-state index in [1.165, 1.54) is 12.1 Å². The van der Waals surface area contributed by atoms with Crippen molar-refractivity contribution in [2.75, 3.05) is 20.8 Å². The Morgan fingerprint density at radius 1 is 1.32 bits per heavy atom. The second-order valence-corrected chi connectivity index (χ2v) is 5.16. The lowest BCUT2D eigenvalue weighted by molar-refractivity contribution is 0.00678. The van der Waals surface area contributed by atoms with Gasteiger partial charge in [0.05, 0.1) is 12.7 Å². The fraction of sp³-hybridized carbons (Fsp3) is 0.600. The average molecular weight is 269 g/mol. The summed E-state index contributed by atoms with van der Waals surface area (Å²) < 4.78 is 24.3. The fourth-order valence-corrected chi connectivity index (χ4v) is 2.09. The third kappa shape index (κ3) is 4.48. The Balaban J connectivity index is 3.07. The molecule has 3 nitrogen and oxygen atoms in total. The van der Waals surface area contributed by atoms with E-state index in [1.807, 2.05) is 20.8 Å². The average Bonchev–Trinajstić information content (AvgIpc) is 2.38. The predicted octanol–water partition coefficient (Wildman–Crippen LogP) is 3.30. The molecule has 0 aromatic heterocycles. The Kier molecular flexibility index (Phi) is 5.76. The first-order valence-corrected chi connectivity index (χ1v) is 6.55. The number of methoxy groups -OCH3 is 2. The van der Waals surface area contributed by atoms with Gasteiger partial charge in [0.25, 0.3) is 0 Å². The Morgan fingerprint density at radius 3 is 2.53 bits per heavy atom. The standard InChI is InChI=1S/C15H24FNO2/c1-6-17-13(10-15(2,3)19-5)12-9-11(16)7-8-14(12)18-4/h7-9,13,17H,6,10H2,1-5H3. The number of halogens is 1. The summed E-state index contributed by atoms with van der Waals surface area (Å²) in [7, 11) is 3.28. The van der Waals surface area contributed by atoms with Crippen LogP contribution < -0.4 is 10.1 Å². The van der Waals surface area contributed by atoms with Crippen molar-refractivity contribution in [1.82, 2.24) is 5.32 Å². The molecule has 0 radical (unpaired) electrons. The normalized spacial score (nSPS) is 13.4. The molecule has 1 aromatic rings. The Hall–Kier alpha value is -1.13. The molecule has 0 aliphatic rings. The first-order valence-electron chi connectivity index (χ1n) is 6.55. The van der Waals surface area contributed by atoms with Crippen LogP contribution in [-0.2, 0) is 4.74 Å². The highest BCUT2D eigenvalue weighted by molar-refractivity contribution is 5.36. The van der Waals surface area contributed by atoms with Gasteiger partial charge in [0.2, 0.25) is 0 Å². The largest absolute Gasteiger partial charge is 0.496 e. The number of nitrogens with one attached hydrogen (secondary N) is 1.